The first-order valence-corrected chi connectivity index (χ1v) is 10.3. The van der Waals surface area contributed by atoms with Gasteiger partial charge in [0.05, 0.1) is 34.2 Å². The molecule has 0 aliphatic rings. The van der Waals surface area contributed by atoms with Gasteiger partial charge in [0, 0.05) is 12.0 Å². The molecule has 0 aliphatic heterocycles. The average molecular weight is 509 g/mol. The van der Waals surface area contributed by atoms with E-state index in [-0.39, 0.29) is 51.5 Å². The molecule has 178 valence electrons. The summed E-state index contributed by atoms with van der Waals surface area (Å²) in [6, 6.07) is 1.20. The first-order chi connectivity index (χ1) is 16.0. The van der Waals surface area contributed by atoms with Crippen LogP contribution in [0.3, 0.4) is 0 Å². The van der Waals surface area contributed by atoms with Crippen LogP contribution >= 0.6 is 23.2 Å². The highest BCUT2D eigenvalue weighted by Crippen LogP contribution is 2.32. The zero-order valence-electron chi connectivity index (χ0n) is 17.2. The second kappa shape index (κ2) is 10.3. The Morgan fingerprint density at radius 2 is 1.74 bits per heavy atom. The number of aliphatic carboxylic acids is 2. The van der Waals surface area contributed by atoms with Gasteiger partial charge in [-0.3, -0.25) is 9.59 Å². The summed E-state index contributed by atoms with van der Waals surface area (Å²) < 4.78 is 0. The van der Waals surface area contributed by atoms with Crippen molar-refractivity contribution in [3.05, 3.63) is 39.6 Å². The average Bonchev–Trinajstić information content (AvgIpc) is 2.75. The van der Waals surface area contributed by atoms with Gasteiger partial charge >= 0.3 is 11.9 Å². The maximum atomic E-state index is 12.5. The Morgan fingerprint density at radius 1 is 1.06 bits per heavy atom. The quantitative estimate of drug-likeness (QED) is 0.242. The highest BCUT2D eigenvalue weighted by Gasteiger charge is 2.23. The Morgan fingerprint density at radius 3 is 2.35 bits per heavy atom. The van der Waals surface area contributed by atoms with E-state index in [9.17, 15) is 19.5 Å². The minimum Gasteiger partial charge on any atom is -0.481 e. The number of nitrogens with two attached hydrogens (primary N) is 2. The van der Waals surface area contributed by atoms with E-state index < -0.39 is 30.3 Å². The third-order valence-corrected chi connectivity index (χ3v) is 5.10. The molecular formula is C19H18Cl2N8O5. The van der Waals surface area contributed by atoms with E-state index in [0.29, 0.717) is 11.4 Å². The molecule has 1 amide bonds. The first kappa shape index (κ1) is 24.7. The van der Waals surface area contributed by atoms with Crippen LogP contribution in [0.25, 0.3) is 11.2 Å². The number of hydrogen-bond donors (Lipinski definition) is 6. The van der Waals surface area contributed by atoms with Crippen LogP contribution in [0, 0.1) is 0 Å². The number of hydrogen-bond acceptors (Lipinski definition) is 10. The van der Waals surface area contributed by atoms with Crippen LogP contribution in [0.1, 0.15) is 28.9 Å². The Labute approximate surface area is 201 Å². The number of aromatic nitrogens is 4. The predicted molar refractivity (Wildman–Crippen MR) is 124 cm³/mol. The number of benzene rings is 1. The van der Waals surface area contributed by atoms with Crippen LogP contribution < -0.4 is 22.1 Å². The molecule has 3 aromatic rings. The number of carboxylic acid groups (broad SMARTS) is 2. The Balaban J connectivity index is 1.74. The molecule has 8 N–H and O–H groups in total. The molecule has 2 aromatic heterocycles. The van der Waals surface area contributed by atoms with E-state index in [4.69, 9.17) is 39.8 Å². The maximum Gasteiger partial charge on any atom is 0.326 e. The molecule has 13 nitrogen and oxygen atoms in total. The number of fused-ring (bicyclic) bond motifs is 1. The van der Waals surface area contributed by atoms with Crippen molar-refractivity contribution in [2.45, 2.75) is 25.4 Å². The number of carbonyl (C=O) groups is 3. The Bertz CT molecular complexity index is 1270. The lowest BCUT2D eigenvalue weighted by Crippen LogP contribution is -2.41. The van der Waals surface area contributed by atoms with Gasteiger partial charge in [0.2, 0.25) is 5.95 Å². The molecule has 0 saturated heterocycles. The maximum absolute atomic E-state index is 12.5. The number of anilines is 3. The van der Waals surface area contributed by atoms with Gasteiger partial charge < -0.3 is 32.3 Å². The zero-order valence-corrected chi connectivity index (χ0v) is 18.8. The van der Waals surface area contributed by atoms with Gasteiger partial charge in [-0.25, -0.2) is 14.8 Å². The van der Waals surface area contributed by atoms with Gasteiger partial charge in [-0.1, -0.05) is 23.2 Å². The van der Waals surface area contributed by atoms with Crippen LogP contribution in [0.15, 0.2) is 18.3 Å². The number of carbonyl (C=O) groups excluding carboxylic acids is 1. The van der Waals surface area contributed by atoms with Crippen molar-refractivity contribution in [3.63, 3.8) is 0 Å². The summed E-state index contributed by atoms with van der Waals surface area (Å²) >= 11 is 12.5. The smallest absolute Gasteiger partial charge is 0.326 e. The molecular weight excluding hydrogens is 491 g/mol. The normalized spacial score (nSPS) is 11.7. The fourth-order valence-electron chi connectivity index (χ4n) is 2.89. The number of nitrogens with zero attached hydrogens (tertiary/aromatic N) is 4. The molecule has 0 bridgehead atoms. The standard InChI is InChI=1S/C19H18Cl2N8O5/c20-9-3-7(17(32)27-11(18(33)34)1-2-12(30)31)4-10(21)13(9)24-5-8-6-25-16-14(26-8)15(22)28-19(23)29-16/h3-4,6,11,24H,1-2,5H2,(H,27,32)(H,30,31)(H,33,34)(H4,22,23,25,28,29). The molecule has 3 rings (SSSR count). The summed E-state index contributed by atoms with van der Waals surface area (Å²) in [5.41, 5.74) is 12.6. The molecule has 0 saturated carbocycles. The van der Waals surface area contributed by atoms with Crippen molar-refractivity contribution in [2.24, 2.45) is 0 Å². The molecule has 0 fully saturated rings. The van der Waals surface area contributed by atoms with Crippen LogP contribution in [0.5, 0.6) is 0 Å². The number of halogens is 2. The fourth-order valence-corrected chi connectivity index (χ4v) is 3.51. The van der Waals surface area contributed by atoms with E-state index in [2.05, 4.69) is 30.6 Å². The largest absolute Gasteiger partial charge is 0.481 e. The van der Waals surface area contributed by atoms with Crippen LogP contribution in [-0.4, -0.2) is 54.0 Å². The van der Waals surface area contributed by atoms with E-state index in [1.165, 1.54) is 18.3 Å². The monoisotopic (exact) mass is 508 g/mol. The van der Waals surface area contributed by atoms with E-state index in [0.717, 1.165) is 0 Å². The molecule has 1 unspecified atom stereocenters. The third kappa shape index (κ3) is 5.88. The van der Waals surface area contributed by atoms with E-state index >= 15 is 0 Å². The second-order valence-electron chi connectivity index (χ2n) is 6.97. The van der Waals surface area contributed by atoms with Crippen molar-refractivity contribution < 1.29 is 24.6 Å². The number of nitrogen functional groups attached to an aromatic ring is 2. The summed E-state index contributed by atoms with van der Waals surface area (Å²) in [7, 11) is 0. The highest BCUT2D eigenvalue weighted by molar-refractivity contribution is 6.39. The highest BCUT2D eigenvalue weighted by atomic mass is 35.5. The molecule has 0 radical (unpaired) electrons. The van der Waals surface area contributed by atoms with Crippen LogP contribution in [-0.2, 0) is 16.1 Å². The van der Waals surface area contributed by atoms with Crippen molar-refractivity contribution in [2.75, 3.05) is 16.8 Å². The van der Waals surface area contributed by atoms with Crippen molar-refractivity contribution in [1.29, 1.82) is 0 Å². The van der Waals surface area contributed by atoms with Gasteiger partial charge in [0.1, 0.15) is 6.04 Å². The third-order valence-electron chi connectivity index (χ3n) is 4.50. The minimum absolute atomic E-state index is 0.00451. The van der Waals surface area contributed by atoms with Crippen LogP contribution in [0.4, 0.5) is 17.5 Å². The summed E-state index contributed by atoms with van der Waals surface area (Å²) in [6.45, 7) is 0.133. The van der Waals surface area contributed by atoms with Gasteiger partial charge in [-0.05, 0) is 18.6 Å². The van der Waals surface area contributed by atoms with Gasteiger partial charge in [-0.15, -0.1) is 0 Å². The fraction of sp³-hybridized carbons (Fsp3) is 0.211. The first-order valence-electron chi connectivity index (χ1n) is 9.58. The summed E-state index contributed by atoms with van der Waals surface area (Å²) in [5, 5.41) is 23.4. The summed E-state index contributed by atoms with van der Waals surface area (Å²) in [5.74, 6) is -3.27. The lowest BCUT2D eigenvalue weighted by molar-refractivity contribution is -0.140. The Kier molecular flexibility index (Phi) is 7.48. The van der Waals surface area contributed by atoms with Crippen molar-refractivity contribution in [1.82, 2.24) is 25.3 Å². The molecule has 0 aliphatic carbocycles. The van der Waals surface area contributed by atoms with Gasteiger partial charge in [-0.2, -0.15) is 9.97 Å². The molecule has 0 spiro atoms. The number of nitrogens with one attached hydrogen (secondary N) is 2. The zero-order chi connectivity index (χ0) is 25.0. The van der Waals surface area contributed by atoms with Gasteiger partial charge in [0.25, 0.3) is 5.91 Å². The minimum atomic E-state index is -1.39. The molecule has 2 heterocycles. The lowest BCUT2D eigenvalue weighted by Gasteiger charge is -2.15. The lowest BCUT2D eigenvalue weighted by atomic mass is 10.1. The Hall–Kier alpha value is -3.97. The van der Waals surface area contributed by atoms with Crippen molar-refractivity contribution in [3.8, 4) is 0 Å². The molecule has 1 atom stereocenters. The van der Waals surface area contributed by atoms with Gasteiger partial charge in [0.15, 0.2) is 17.0 Å². The van der Waals surface area contributed by atoms with E-state index in [1.807, 2.05) is 0 Å². The van der Waals surface area contributed by atoms with E-state index in [1.54, 1.807) is 0 Å². The topological polar surface area (TPSA) is 219 Å². The molecule has 34 heavy (non-hydrogen) atoms. The van der Waals surface area contributed by atoms with Crippen molar-refractivity contribution >= 4 is 69.7 Å². The molecule has 15 heteroatoms. The summed E-state index contributed by atoms with van der Waals surface area (Å²) in [6.07, 6.45) is 0.741. The molecule has 1 aromatic carbocycles. The predicted octanol–water partition coefficient (Wildman–Crippen LogP) is 1.55. The second-order valence-corrected chi connectivity index (χ2v) is 7.78. The number of carboxylic acids is 2. The number of rotatable bonds is 9. The summed E-state index contributed by atoms with van der Waals surface area (Å²) in [4.78, 5) is 50.7. The number of amides is 1. The van der Waals surface area contributed by atoms with Crippen LogP contribution in [0.2, 0.25) is 10.0 Å². The SMILES string of the molecule is Nc1nc(N)c2nc(CNc3c(Cl)cc(C(=O)NC(CCC(=O)O)C(=O)O)cc3Cl)cnc2n1.